The topological polar surface area (TPSA) is 81.5 Å². The average molecular weight is 328 g/mol. The summed E-state index contributed by atoms with van der Waals surface area (Å²) in [6.45, 7) is 5.38. The number of hydrogen-bond donors (Lipinski definition) is 3. The Morgan fingerprint density at radius 2 is 2.08 bits per heavy atom. The number of nitrogens with one attached hydrogen (secondary N) is 1. The number of nitrogens with zero attached hydrogens (tertiary/aromatic N) is 3. The van der Waals surface area contributed by atoms with Gasteiger partial charge in [0.05, 0.1) is 12.7 Å². The molecule has 2 atom stereocenters. The first-order valence-corrected chi connectivity index (χ1v) is 8.32. The maximum absolute atomic E-state index is 9.73. The first-order valence-electron chi connectivity index (χ1n) is 8.32. The van der Waals surface area contributed by atoms with Gasteiger partial charge in [0.15, 0.2) is 0 Å². The molecule has 1 aliphatic heterocycles. The Morgan fingerprint density at radius 3 is 2.83 bits per heavy atom. The highest BCUT2D eigenvalue weighted by atomic mass is 16.3. The Kier molecular flexibility index (Phi) is 4.97. The molecule has 1 aromatic carbocycles. The second-order valence-corrected chi connectivity index (χ2v) is 6.34. The third kappa shape index (κ3) is 3.66. The predicted molar refractivity (Wildman–Crippen MR) is 94.0 cm³/mol. The maximum atomic E-state index is 9.73. The van der Waals surface area contributed by atoms with Gasteiger partial charge >= 0.3 is 0 Å². The van der Waals surface area contributed by atoms with Crippen molar-refractivity contribution in [2.75, 3.05) is 23.4 Å². The van der Waals surface area contributed by atoms with Crippen molar-refractivity contribution in [3.05, 3.63) is 47.2 Å². The summed E-state index contributed by atoms with van der Waals surface area (Å²) >= 11 is 0. The quantitative estimate of drug-likeness (QED) is 0.777. The normalized spacial score (nSPS) is 16.4. The van der Waals surface area contributed by atoms with E-state index < -0.39 is 6.10 Å². The highest BCUT2D eigenvalue weighted by Gasteiger charge is 2.19. The van der Waals surface area contributed by atoms with E-state index in [-0.39, 0.29) is 12.6 Å². The van der Waals surface area contributed by atoms with Crippen molar-refractivity contribution >= 4 is 11.8 Å². The zero-order valence-electron chi connectivity index (χ0n) is 14.1. The Morgan fingerprint density at radius 1 is 1.25 bits per heavy atom. The largest absolute Gasteiger partial charge is 0.394 e. The minimum Gasteiger partial charge on any atom is -0.394 e. The second-order valence-electron chi connectivity index (χ2n) is 6.34. The van der Waals surface area contributed by atoms with Crippen molar-refractivity contribution in [2.24, 2.45) is 0 Å². The van der Waals surface area contributed by atoms with Crippen molar-refractivity contribution in [3.63, 3.8) is 0 Å². The van der Waals surface area contributed by atoms with Crippen LogP contribution in [0.2, 0.25) is 0 Å². The summed E-state index contributed by atoms with van der Waals surface area (Å²) in [5.74, 6) is 1.41. The van der Waals surface area contributed by atoms with E-state index >= 15 is 0 Å². The predicted octanol–water partition coefficient (Wildman–Crippen LogP) is 1.89. The number of anilines is 2. The minimum atomic E-state index is -0.433. The molecule has 0 bridgehead atoms. The zero-order chi connectivity index (χ0) is 17.1. The molecule has 0 saturated heterocycles. The molecule has 0 fully saturated rings. The SMILES string of the molecule is C[C@@H](CO)Nc1nccc(N2CCc3cc([C@@H](C)O)ccc3C2)n1. The highest BCUT2D eigenvalue weighted by Crippen LogP contribution is 2.26. The van der Waals surface area contributed by atoms with Gasteiger partial charge in [-0.15, -0.1) is 0 Å². The molecule has 0 aliphatic carbocycles. The number of fused-ring (bicyclic) bond motifs is 1. The van der Waals surface area contributed by atoms with E-state index in [9.17, 15) is 5.11 Å². The Hall–Kier alpha value is -2.18. The Balaban J connectivity index is 1.77. The molecule has 0 amide bonds. The fourth-order valence-corrected chi connectivity index (χ4v) is 2.89. The van der Waals surface area contributed by atoms with Crippen molar-refractivity contribution in [1.82, 2.24) is 9.97 Å². The van der Waals surface area contributed by atoms with Gasteiger partial charge in [-0.1, -0.05) is 18.2 Å². The molecule has 3 N–H and O–H groups in total. The summed E-state index contributed by atoms with van der Waals surface area (Å²) in [5.41, 5.74) is 3.53. The lowest BCUT2D eigenvalue weighted by molar-refractivity contribution is 0.199. The minimum absolute atomic E-state index is 0.0380. The van der Waals surface area contributed by atoms with Gasteiger partial charge in [-0.25, -0.2) is 4.98 Å². The van der Waals surface area contributed by atoms with E-state index in [2.05, 4.69) is 32.3 Å². The maximum Gasteiger partial charge on any atom is 0.224 e. The standard InChI is InChI=1S/C18H24N4O2/c1-12(11-23)20-18-19-7-5-17(21-18)22-8-6-15-9-14(13(2)24)3-4-16(15)10-22/h3-5,7,9,12-13,23-24H,6,8,10-11H2,1-2H3,(H,19,20,21)/t12-,13+/m0/s1. The molecule has 6 heteroatoms. The Labute approximate surface area is 142 Å². The van der Waals surface area contributed by atoms with Crippen LogP contribution in [0, 0.1) is 0 Å². The van der Waals surface area contributed by atoms with Crippen LogP contribution < -0.4 is 10.2 Å². The van der Waals surface area contributed by atoms with E-state index in [1.165, 1.54) is 11.1 Å². The van der Waals surface area contributed by atoms with Crippen molar-refractivity contribution in [2.45, 2.75) is 39.0 Å². The van der Waals surface area contributed by atoms with Crippen LogP contribution in [-0.4, -0.2) is 39.4 Å². The molecule has 6 nitrogen and oxygen atoms in total. The van der Waals surface area contributed by atoms with Crippen LogP contribution in [0.4, 0.5) is 11.8 Å². The van der Waals surface area contributed by atoms with Gasteiger partial charge in [0.1, 0.15) is 5.82 Å². The number of benzene rings is 1. The first-order chi connectivity index (χ1) is 11.6. The second kappa shape index (κ2) is 7.15. The molecule has 24 heavy (non-hydrogen) atoms. The molecule has 0 spiro atoms. The molecule has 3 rings (SSSR count). The van der Waals surface area contributed by atoms with Crippen LogP contribution in [0.1, 0.15) is 36.6 Å². The third-order valence-electron chi connectivity index (χ3n) is 4.34. The number of aliphatic hydroxyl groups is 2. The van der Waals surface area contributed by atoms with E-state index in [0.717, 1.165) is 30.9 Å². The lowest BCUT2D eigenvalue weighted by atomic mass is 9.96. The molecule has 2 aromatic rings. The summed E-state index contributed by atoms with van der Waals surface area (Å²) in [6, 6.07) is 8.01. The fraction of sp³-hybridized carbons (Fsp3) is 0.444. The lowest BCUT2D eigenvalue weighted by Gasteiger charge is -2.30. The van der Waals surface area contributed by atoms with Crippen LogP contribution >= 0.6 is 0 Å². The molecular formula is C18H24N4O2. The number of rotatable bonds is 5. The number of aromatic nitrogens is 2. The van der Waals surface area contributed by atoms with Crippen molar-refractivity contribution < 1.29 is 10.2 Å². The first kappa shape index (κ1) is 16.7. The number of aliphatic hydroxyl groups excluding tert-OH is 2. The van der Waals surface area contributed by atoms with E-state index in [0.29, 0.717) is 5.95 Å². The molecule has 1 aromatic heterocycles. The molecule has 0 radical (unpaired) electrons. The average Bonchev–Trinajstić information content (AvgIpc) is 2.60. The monoisotopic (exact) mass is 328 g/mol. The lowest BCUT2D eigenvalue weighted by Crippen LogP contribution is -2.31. The third-order valence-corrected chi connectivity index (χ3v) is 4.34. The smallest absolute Gasteiger partial charge is 0.224 e. The van der Waals surface area contributed by atoms with Crippen LogP contribution in [0.3, 0.4) is 0 Å². The zero-order valence-corrected chi connectivity index (χ0v) is 14.1. The summed E-state index contributed by atoms with van der Waals surface area (Å²) in [4.78, 5) is 11.0. The molecule has 0 saturated carbocycles. The molecular weight excluding hydrogens is 304 g/mol. The van der Waals surface area contributed by atoms with Crippen LogP contribution in [-0.2, 0) is 13.0 Å². The van der Waals surface area contributed by atoms with Crippen LogP contribution in [0.5, 0.6) is 0 Å². The van der Waals surface area contributed by atoms with E-state index in [1.807, 2.05) is 19.1 Å². The van der Waals surface area contributed by atoms with Gasteiger partial charge in [-0.3, -0.25) is 0 Å². The van der Waals surface area contributed by atoms with E-state index in [4.69, 9.17) is 5.11 Å². The summed E-state index contributed by atoms with van der Waals surface area (Å²) < 4.78 is 0. The Bertz CT molecular complexity index is 705. The van der Waals surface area contributed by atoms with Gasteiger partial charge in [-0.05, 0) is 43.0 Å². The van der Waals surface area contributed by atoms with Crippen molar-refractivity contribution in [1.29, 1.82) is 0 Å². The van der Waals surface area contributed by atoms with Crippen LogP contribution in [0.25, 0.3) is 0 Å². The molecule has 2 heterocycles. The van der Waals surface area contributed by atoms with Gasteiger partial charge in [0.2, 0.25) is 5.95 Å². The van der Waals surface area contributed by atoms with Gasteiger partial charge in [0.25, 0.3) is 0 Å². The van der Waals surface area contributed by atoms with E-state index in [1.54, 1.807) is 13.1 Å². The van der Waals surface area contributed by atoms with Gasteiger partial charge < -0.3 is 20.4 Å². The molecule has 0 unspecified atom stereocenters. The fourth-order valence-electron chi connectivity index (χ4n) is 2.89. The highest BCUT2D eigenvalue weighted by molar-refractivity contribution is 5.47. The van der Waals surface area contributed by atoms with Crippen molar-refractivity contribution in [3.8, 4) is 0 Å². The summed E-state index contributed by atoms with van der Waals surface area (Å²) in [7, 11) is 0. The van der Waals surface area contributed by atoms with Gasteiger partial charge in [-0.2, -0.15) is 4.98 Å². The number of hydrogen-bond acceptors (Lipinski definition) is 6. The summed E-state index contributed by atoms with van der Waals surface area (Å²) in [5, 5.41) is 21.9. The molecule has 128 valence electrons. The van der Waals surface area contributed by atoms with Crippen LogP contribution in [0.15, 0.2) is 30.5 Å². The molecule has 1 aliphatic rings. The van der Waals surface area contributed by atoms with Gasteiger partial charge in [0, 0.05) is 25.3 Å². The summed E-state index contributed by atoms with van der Waals surface area (Å²) in [6.07, 6.45) is 2.23.